The van der Waals surface area contributed by atoms with Crippen LogP contribution in [0.25, 0.3) is 16.9 Å². The molecule has 0 unspecified atom stereocenters. The van der Waals surface area contributed by atoms with Crippen LogP contribution in [-0.2, 0) is 0 Å². The Labute approximate surface area is 177 Å². The minimum Gasteiger partial charge on any atom is -0.497 e. The van der Waals surface area contributed by atoms with Crippen molar-refractivity contribution < 1.29 is 9.53 Å². The monoisotopic (exact) mass is 413 g/mol. The van der Waals surface area contributed by atoms with Crippen molar-refractivity contribution in [3.8, 4) is 17.0 Å². The van der Waals surface area contributed by atoms with Gasteiger partial charge in [0.25, 0.3) is 5.91 Å². The molecule has 0 radical (unpaired) electrons. The fourth-order valence-corrected chi connectivity index (χ4v) is 4.00. The number of benzene rings is 1. The summed E-state index contributed by atoms with van der Waals surface area (Å²) >= 11 is 6.54. The molecule has 0 bridgehead atoms. The minimum absolute atomic E-state index is 0.111. The van der Waals surface area contributed by atoms with Crippen LogP contribution in [0.5, 0.6) is 5.75 Å². The number of hydrogen-bond acceptors (Lipinski definition) is 3. The Bertz CT molecular complexity index is 1050. The van der Waals surface area contributed by atoms with Gasteiger partial charge < -0.3 is 9.64 Å². The first-order chi connectivity index (χ1) is 13.8. The highest BCUT2D eigenvalue weighted by atomic mass is 35.5. The van der Waals surface area contributed by atoms with Gasteiger partial charge in [0.15, 0.2) is 0 Å². The maximum Gasteiger partial charge on any atom is 0.272 e. The van der Waals surface area contributed by atoms with Crippen LogP contribution in [0.3, 0.4) is 0 Å². The number of fused-ring (bicyclic) bond motifs is 1. The van der Waals surface area contributed by atoms with Crippen molar-refractivity contribution >= 4 is 23.2 Å². The third-order valence-electron chi connectivity index (χ3n) is 5.42. The molecule has 1 amide bonds. The largest absolute Gasteiger partial charge is 0.497 e. The van der Waals surface area contributed by atoms with Crippen LogP contribution in [0, 0.1) is 6.92 Å². The number of halogens is 1. The van der Waals surface area contributed by atoms with E-state index in [4.69, 9.17) is 21.3 Å². The van der Waals surface area contributed by atoms with Gasteiger partial charge in [-0.05, 0) is 55.0 Å². The molecular weight excluding hydrogens is 386 g/mol. The van der Waals surface area contributed by atoms with Gasteiger partial charge in [0.1, 0.15) is 22.8 Å². The summed E-state index contributed by atoms with van der Waals surface area (Å²) in [6.45, 7) is 6.42. The van der Waals surface area contributed by atoms with Crippen LogP contribution < -0.4 is 4.74 Å². The van der Waals surface area contributed by atoms with Gasteiger partial charge >= 0.3 is 0 Å². The molecule has 0 saturated heterocycles. The van der Waals surface area contributed by atoms with E-state index in [1.807, 2.05) is 23.5 Å². The molecular formula is C23H28ClN3O2. The molecule has 0 atom stereocenters. The van der Waals surface area contributed by atoms with E-state index in [0.717, 1.165) is 24.1 Å². The fraction of sp³-hybridized carbons (Fsp3) is 0.391. The SMILES string of the molecule is CCC(CC)c1cc(C)c2nc(-c3ccc(OC)cc3Cl)c(C(=O)N(C)C)n2c1. The zero-order chi connectivity index (χ0) is 21.3. The van der Waals surface area contributed by atoms with Crippen LogP contribution in [-0.4, -0.2) is 41.4 Å². The molecule has 2 aromatic heterocycles. The predicted molar refractivity (Wildman–Crippen MR) is 118 cm³/mol. The molecule has 0 spiro atoms. The van der Waals surface area contributed by atoms with Gasteiger partial charge in [-0.3, -0.25) is 9.20 Å². The number of carbonyl (C=O) groups excluding carboxylic acids is 1. The van der Waals surface area contributed by atoms with Crippen LogP contribution in [0.1, 0.15) is 54.2 Å². The first kappa shape index (κ1) is 21.2. The first-order valence-corrected chi connectivity index (χ1v) is 10.3. The maximum absolute atomic E-state index is 13.2. The van der Waals surface area contributed by atoms with E-state index in [0.29, 0.717) is 33.6 Å². The minimum atomic E-state index is -0.111. The number of pyridine rings is 1. The molecule has 0 aliphatic carbocycles. The number of carbonyl (C=O) groups is 1. The zero-order valence-corrected chi connectivity index (χ0v) is 18.7. The van der Waals surface area contributed by atoms with Crippen molar-refractivity contribution in [3.05, 3.63) is 52.3 Å². The molecule has 1 aromatic carbocycles. The van der Waals surface area contributed by atoms with Gasteiger partial charge in [-0.25, -0.2) is 4.98 Å². The van der Waals surface area contributed by atoms with Crippen molar-refractivity contribution in [2.45, 2.75) is 39.5 Å². The molecule has 6 heteroatoms. The lowest BCUT2D eigenvalue weighted by Gasteiger charge is -2.16. The summed E-state index contributed by atoms with van der Waals surface area (Å²) < 4.78 is 7.19. The lowest BCUT2D eigenvalue weighted by molar-refractivity contribution is 0.0822. The Morgan fingerprint density at radius 3 is 2.48 bits per heavy atom. The van der Waals surface area contributed by atoms with Crippen LogP contribution in [0.4, 0.5) is 0 Å². The van der Waals surface area contributed by atoms with Crippen molar-refractivity contribution in [1.29, 1.82) is 0 Å². The highest BCUT2D eigenvalue weighted by Gasteiger charge is 2.25. The summed E-state index contributed by atoms with van der Waals surface area (Å²) in [4.78, 5) is 19.6. The molecule has 0 fully saturated rings. The fourth-order valence-electron chi connectivity index (χ4n) is 3.74. The Morgan fingerprint density at radius 1 is 1.24 bits per heavy atom. The summed E-state index contributed by atoms with van der Waals surface area (Å²) in [7, 11) is 5.09. The number of rotatable bonds is 6. The summed E-state index contributed by atoms with van der Waals surface area (Å²) in [5.74, 6) is 0.992. The third-order valence-corrected chi connectivity index (χ3v) is 5.73. The second-order valence-corrected chi connectivity index (χ2v) is 7.93. The summed E-state index contributed by atoms with van der Waals surface area (Å²) in [6.07, 6.45) is 4.15. The van der Waals surface area contributed by atoms with Gasteiger partial charge in [-0.15, -0.1) is 0 Å². The number of aryl methyl sites for hydroxylation is 1. The second kappa shape index (κ2) is 8.46. The predicted octanol–water partition coefficient (Wildman–Crippen LogP) is 5.58. The Hall–Kier alpha value is -2.53. The molecule has 29 heavy (non-hydrogen) atoms. The standard InChI is InChI=1S/C23H28ClN3O2/c1-7-15(8-2)16-11-14(3)22-25-20(18-10-9-17(29-6)12-19(18)24)21(27(22)13-16)23(28)26(4)5/h9-13,15H,7-8H2,1-6H3. The molecule has 0 saturated carbocycles. The van der Waals surface area contributed by atoms with Gasteiger partial charge in [0.05, 0.1) is 12.1 Å². The highest BCUT2D eigenvalue weighted by Crippen LogP contribution is 2.35. The Morgan fingerprint density at radius 2 is 1.93 bits per heavy atom. The lowest BCUT2D eigenvalue weighted by atomic mass is 9.94. The molecule has 3 aromatic rings. The number of ether oxygens (including phenoxy) is 1. The molecule has 0 aliphatic rings. The van der Waals surface area contributed by atoms with Gasteiger partial charge in [-0.1, -0.05) is 31.5 Å². The zero-order valence-electron chi connectivity index (χ0n) is 17.9. The Kier molecular flexibility index (Phi) is 6.18. The van der Waals surface area contributed by atoms with E-state index < -0.39 is 0 Å². The summed E-state index contributed by atoms with van der Waals surface area (Å²) in [6, 6.07) is 7.61. The van der Waals surface area contributed by atoms with E-state index >= 15 is 0 Å². The molecule has 3 rings (SSSR count). The van der Waals surface area contributed by atoms with E-state index in [1.165, 1.54) is 5.56 Å². The van der Waals surface area contributed by atoms with Crippen LogP contribution in [0.15, 0.2) is 30.5 Å². The number of aromatic nitrogens is 2. The number of hydrogen-bond donors (Lipinski definition) is 0. The topological polar surface area (TPSA) is 46.8 Å². The number of nitrogens with zero attached hydrogens (tertiary/aromatic N) is 3. The average molecular weight is 414 g/mol. The number of imidazole rings is 1. The van der Waals surface area contributed by atoms with E-state index in [2.05, 4.69) is 26.1 Å². The molecule has 0 N–H and O–H groups in total. The van der Waals surface area contributed by atoms with Crippen molar-refractivity contribution in [3.63, 3.8) is 0 Å². The number of amides is 1. The lowest BCUT2D eigenvalue weighted by Crippen LogP contribution is -2.24. The average Bonchev–Trinajstić information content (AvgIpc) is 3.07. The third kappa shape index (κ3) is 3.84. The normalized spacial score (nSPS) is 11.3. The highest BCUT2D eigenvalue weighted by molar-refractivity contribution is 6.33. The summed E-state index contributed by atoms with van der Waals surface area (Å²) in [5.41, 5.74) is 4.85. The van der Waals surface area contributed by atoms with Gasteiger partial charge in [0.2, 0.25) is 0 Å². The Balaban J connectivity index is 2.34. The van der Waals surface area contributed by atoms with Gasteiger partial charge in [-0.2, -0.15) is 0 Å². The van der Waals surface area contributed by atoms with Crippen molar-refractivity contribution in [2.75, 3.05) is 21.2 Å². The van der Waals surface area contributed by atoms with E-state index in [1.54, 1.807) is 32.2 Å². The smallest absolute Gasteiger partial charge is 0.272 e. The molecule has 0 aliphatic heterocycles. The number of methoxy groups -OCH3 is 1. The van der Waals surface area contributed by atoms with Crippen LogP contribution >= 0.6 is 11.6 Å². The maximum atomic E-state index is 13.2. The molecule has 2 heterocycles. The van der Waals surface area contributed by atoms with E-state index in [-0.39, 0.29) is 5.91 Å². The first-order valence-electron chi connectivity index (χ1n) is 9.90. The van der Waals surface area contributed by atoms with Crippen molar-refractivity contribution in [2.24, 2.45) is 0 Å². The van der Waals surface area contributed by atoms with Crippen molar-refractivity contribution in [1.82, 2.24) is 14.3 Å². The van der Waals surface area contributed by atoms with E-state index in [9.17, 15) is 4.79 Å². The van der Waals surface area contributed by atoms with Crippen LogP contribution in [0.2, 0.25) is 5.02 Å². The second-order valence-electron chi connectivity index (χ2n) is 7.52. The van der Waals surface area contributed by atoms with Gasteiger partial charge in [0, 0.05) is 25.9 Å². The summed E-state index contributed by atoms with van der Waals surface area (Å²) in [5, 5.41) is 0.499. The quantitative estimate of drug-likeness (QED) is 0.530. The molecule has 154 valence electrons. The molecule has 5 nitrogen and oxygen atoms in total.